The lowest BCUT2D eigenvalue weighted by atomic mass is 10.2. The summed E-state index contributed by atoms with van der Waals surface area (Å²) in [5.74, 6) is 0.580. The molecule has 0 fully saturated rings. The van der Waals surface area contributed by atoms with Crippen molar-refractivity contribution < 1.29 is 9.84 Å². The van der Waals surface area contributed by atoms with Gasteiger partial charge < -0.3 is 15.3 Å². The van der Waals surface area contributed by atoms with Crippen molar-refractivity contribution in [1.82, 2.24) is 10.9 Å². The fraction of sp³-hybridized carbons (Fsp3) is 0.556. The predicted octanol–water partition coefficient (Wildman–Crippen LogP) is 0.525. The van der Waals surface area contributed by atoms with Crippen LogP contribution >= 0.6 is 0 Å². The lowest BCUT2D eigenvalue weighted by molar-refractivity contribution is 0.00547. The first kappa shape index (κ1) is 12.0. The van der Waals surface area contributed by atoms with Crippen molar-refractivity contribution in [2.24, 2.45) is 0 Å². The van der Waals surface area contributed by atoms with Crippen LogP contribution < -0.4 is 10.9 Å². The molecule has 0 atom stereocenters. The Labute approximate surface area is 79.3 Å². The zero-order valence-corrected chi connectivity index (χ0v) is 8.42. The van der Waals surface area contributed by atoms with E-state index in [0.29, 0.717) is 5.76 Å². The third-order valence-corrected chi connectivity index (χ3v) is 1.15. The highest BCUT2D eigenvalue weighted by atomic mass is 16.5. The van der Waals surface area contributed by atoms with Gasteiger partial charge in [-0.1, -0.05) is 6.58 Å². The minimum Gasteiger partial charge on any atom is -0.489 e. The van der Waals surface area contributed by atoms with Gasteiger partial charge in [-0.15, -0.1) is 0 Å². The van der Waals surface area contributed by atoms with Gasteiger partial charge in [0.1, 0.15) is 12.4 Å². The van der Waals surface area contributed by atoms with Crippen molar-refractivity contribution in [3.8, 4) is 0 Å². The molecule has 4 heteroatoms. The van der Waals surface area contributed by atoms with Crippen LogP contribution in [0.5, 0.6) is 0 Å². The molecule has 4 nitrogen and oxygen atoms in total. The average molecular weight is 186 g/mol. The maximum Gasteiger partial charge on any atom is 0.135 e. The Balaban J connectivity index is 3.92. The zero-order valence-electron chi connectivity index (χ0n) is 8.42. The fourth-order valence-corrected chi connectivity index (χ4v) is 0.563. The van der Waals surface area contributed by atoms with Crippen LogP contribution in [0.25, 0.3) is 0 Å². The highest BCUT2D eigenvalue weighted by Crippen LogP contribution is 2.05. The number of rotatable bonds is 6. The predicted molar refractivity (Wildman–Crippen MR) is 52.7 cm³/mol. The molecule has 0 unspecified atom stereocenters. The quantitative estimate of drug-likeness (QED) is 0.322. The van der Waals surface area contributed by atoms with Gasteiger partial charge in [0.25, 0.3) is 0 Å². The Morgan fingerprint density at radius 2 is 2.23 bits per heavy atom. The SMILES string of the molecule is C=C/C(=C\NNC)OCC(C)(C)O. The summed E-state index contributed by atoms with van der Waals surface area (Å²) < 4.78 is 5.25. The van der Waals surface area contributed by atoms with Gasteiger partial charge in [-0.25, -0.2) is 5.43 Å². The largest absolute Gasteiger partial charge is 0.489 e. The van der Waals surface area contributed by atoms with E-state index in [0.717, 1.165) is 0 Å². The van der Waals surface area contributed by atoms with Gasteiger partial charge >= 0.3 is 0 Å². The Morgan fingerprint density at radius 3 is 2.62 bits per heavy atom. The molecule has 0 aliphatic rings. The minimum absolute atomic E-state index is 0.232. The number of allylic oxidation sites excluding steroid dienone is 1. The summed E-state index contributed by atoms with van der Waals surface area (Å²) in [6.45, 7) is 7.16. The minimum atomic E-state index is -0.832. The Bertz CT molecular complexity index is 183. The lowest BCUT2D eigenvalue weighted by Gasteiger charge is -2.18. The molecule has 0 radical (unpaired) electrons. The summed E-state index contributed by atoms with van der Waals surface area (Å²) >= 11 is 0. The van der Waals surface area contributed by atoms with E-state index in [1.807, 2.05) is 0 Å². The molecule has 0 aromatic rings. The van der Waals surface area contributed by atoms with Crippen LogP contribution in [0.15, 0.2) is 24.6 Å². The van der Waals surface area contributed by atoms with Gasteiger partial charge in [0.15, 0.2) is 0 Å². The summed E-state index contributed by atoms with van der Waals surface area (Å²) in [6, 6.07) is 0. The van der Waals surface area contributed by atoms with Crippen LogP contribution in [0.4, 0.5) is 0 Å². The van der Waals surface area contributed by atoms with Gasteiger partial charge in [0, 0.05) is 7.05 Å². The topological polar surface area (TPSA) is 53.5 Å². The van der Waals surface area contributed by atoms with Crippen LogP contribution in [-0.4, -0.2) is 24.4 Å². The van der Waals surface area contributed by atoms with E-state index in [9.17, 15) is 5.11 Å². The van der Waals surface area contributed by atoms with Crippen LogP contribution in [0.3, 0.4) is 0 Å². The molecule has 0 aromatic heterocycles. The first-order valence-corrected chi connectivity index (χ1v) is 4.09. The van der Waals surface area contributed by atoms with Gasteiger partial charge in [-0.2, -0.15) is 0 Å². The standard InChI is InChI=1S/C9H18N2O2/c1-5-8(6-11-10-4)13-7-9(2,3)12/h5-6,10-12H,1,7H2,2-4H3/b8-6+. The van der Waals surface area contributed by atoms with Crippen molar-refractivity contribution >= 4 is 0 Å². The van der Waals surface area contributed by atoms with E-state index < -0.39 is 5.60 Å². The zero-order chi connectivity index (χ0) is 10.3. The molecule has 76 valence electrons. The first-order chi connectivity index (χ1) is 5.99. The third-order valence-electron chi connectivity index (χ3n) is 1.15. The van der Waals surface area contributed by atoms with E-state index in [2.05, 4.69) is 17.4 Å². The van der Waals surface area contributed by atoms with Crippen LogP contribution in [0.1, 0.15) is 13.8 Å². The number of hydrogen-bond acceptors (Lipinski definition) is 4. The second kappa shape index (κ2) is 5.61. The van der Waals surface area contributed by atoms with E-state index in [1.54, 1.807) is 33.2 Å². The van der Waals surface area contributed by atoms with Crippen LogP contribution in [-0.2, 0) is 4.74 Å². The molecule has 0 spiro atoms. The number of hydrogen-bond donors (Lipinski definition) is 3. The molecule has 0 bridgehead atoms. The monoisotopic (exact) mass is 186 g/mol. The van der Waals surface area contributed by atoms with Gasteiger partial charge in [-0.3, -0.25) is 0 Å². The van der Waals surface area contributed by atoms with Crippen molar-refractivity contribution in [2.45, 2.75) is 19.4 Å². The van der Waals surface area contributed by atoms with Crippen molar-refractivity contribution in [3.63, 3.8) is 0 Å². The molecule has 13 heavy (non-hydrogen) atoms. The number of hydrazine groups is 1. The Morgan fingerprint density at radius 1 is 1.62 bits per heavy atom. The van der Waals surface area contributed by atoms with Crippen molar-refractivity contribution in [2.75, 3.05) is 13.7 Å². The summed E-state index contributed by atoms with van der Waals surface area (Å²) in [5.41, 5.74) is 4.63. The summed E-state index contributed by atoms with van der Waals surface area (Å²) in [7, 11) is 1.74. The highest BCUT2D eigenvalue weighted by Gasteiger charge is 2.13. The molecule has 0 heterocycles. The van der Waals surface area contributed by atoms with Gasteiger partial charge in [0.2, 0.25) is 0 Å². The normalized spacial score (nSPS) is 12.5. The number of ether oxygens (including phenoxy) is 1. The Hall–Kier alpha value is -1.00. The van der Waals surface area contributed by atoms with Crippen molar-refractivity contribution in [1.29, 1.82) is 0 Å². The summed E-state index contributed by atoms with van der Waals surface area (Å²) in [6.07, 6.45) is 3.19. The summed E-state index contributed by atoms with van der Waals surface area (Å²) in [4.78, 5) is 0. The molecule has 0 aliphatic heterocycles. The molecule has 0 amide bonds. The molecule has 0 saturated carbocycles. The molecule has 0 aliphatic carbocycles. The fourth-order valence-electron chi connectivity index (χ4n) is 0.563. The highest BCUT2D eigenvalue weighted by molar-refractivity contribution is 5.07. The first-order valence-electron chi connectivity index (χ1n) is 4.09. The molecule has 0 rings (SSSR count). The molecule has 3 N–H and O–H groups in total. The smallest absolute Gasteiger partial charge is 0.135 e. The number of nitrogens with one attached hydrogen (secondary N) is 2. The Kier molecular flexibility index (Phi) is 5.18. The van der Waals surface area contributed by atoms with Crippen LogP contribution in [0.2, 0.25) is 0 Å². The lowest BCUT2D eigenvalue weighted by Crippen LogP contribution is -2.26. The van der Waals surface area contributed by atoms with Crippen molar-refractivity contribution in [3.05, 3.63) is 24.6 Å². The van der Waals surface area contributed by atoms with E-state index in [-0.39, 0.29) is 6.61 Å². The van der Waals surface area contributed by atoms with E-state index >= 15 is 0 Å². The molecular weight excluding hydrogens is 168 g/mol. The third kappa shape index (κ3) is 7.36. The van der Waals surface area contributed by atoms with Crippen LogP contribution in [0, 0.1) is 0 Å². The van der Waals surface area contributed by atoms with Gasteiger partial charge in [0.05, 0.1) is 11.8 Å². The summed E-state index contributed by atoms with van der Waals surface area (Å²) in [5, 5.41) is 9.36. The number of aliphatic hydroxyl groups is 1. The molecule has 0 saturated heterocycles. The van der Waals surface area contributed by atoms with E-state index in [1.165, 1.54) is 0 Å². The van der Waals surface area contributed by atoms with Gasteiger partial charge in [-0.05, 0) is 19.9 Å². The molecular formula is C9H18N2O2. The maximum atomic E-state index is 9.36. The second-order valence-corrected chi connectivity index (χ2v) is 3.25. The second-order valence-electron chi connectivity index (χ2n) is 3.25. The molecule has 0 aromatic carbocycles. The average Bonchev–Trinajstić information content (AvgIpc) is 2.03. The maximum absolute atomic E-state index is 9.36. The van der Waals surface area contributed by atoms with E-state index in [4.69, 9.17) is 4.74 Å².